The Morgan fingerprint density at radius 1 is 1.47 bits per heavy atom. The van der Waals surface area contributed by atoms with Crippen LogP contribution in [0.1, 0.15) is 26.0 Å². The maximum absolute atomic E-state index is 5.99. The van der Waals surface area contributed by atoms with Crippen molar-refractivity contribution in [1.82, 2.24) is 4.90 Å². The van der Waals surface area contributed by atoms with Gasteiger partial charge in [-0.3, -0.25) is 4.90 Å². The number of hydrogen-bond acceptors (Lipinski definition) is 3. The van der Waals surface area contributed by atoms with Gasteiger partial charge in [-0.05, 0) is 38.1 Å². The Hall–Kier alpha value is -0.800. The zero-order chi connectivity index (χ0) is 11.3. The van der Waals surface area contributed by atoms with E-state index in [0.29, 0.717) is 12.0 Å². The highest BCUT2D eigenvalue weighted by Gasteiger charge is 2.09. The summed E-state index contributed by atoms with van der Waals surface area (Å²) in [5, 5.41) is 0. The van der Waals surface area contributed by atoms with Crippen molar-refractivity contribution in [3.63, 3.8) is 0 Å². The molecule has 1 aromatic rings. The Labute approximate surface area is 92.2 Å². The van der Waals surface area contributed by atoms with Crippen LogP contribution in [0.2, 0.25) is 0 Å². The van der Waals surface area contributed by atoms with Gasteiger partial charge in [0.15, 0.2) is 0 Å². The van der Waals surface area contributed by atoms with Crippen LogP contribution in [0.3, 0.4) is 0 Å². The van der Waals surface area contributed by atoms with E-state index in [9.17, 15) is 0 Å². The van der Waals surface area contributed by atoms with Crippen molar-refractivity contribution in [1.29, 1.82) is 0 Å². The molecule has 0 aliphatic rings. The van der Waals surface area contributed by atoms with Crippen LogP contribution in [-0.2, 0) is 6.54 Å². The van der Waals surface area contributed by atoms with Crippen molar-refractivity contribution < 1.29 is 4.42 Å². The molecule has 0 aliphatic heterocycles. The van der Waals surface area contributed by atoms with Crippen molar-refractivity contribution in [2.24, 2.45) is 11.7 Å². The van der Waals surface area contributed by atoms with Crippen molar-refractivity contribution in [2.75, 3.05) is 13.6 Å². The lowest BCUT2D eigenvalue weighted by Gasteiger charge is -2.20. The van der Waals surface area contributed by atoms with Crippen LogP contribution < -0.4 is 5.73 Å². The van der Waals surface area contributed by atoms with Gasteiger partial charge in [0.1, 0.15) is 5.76 Å². The highest BCUT2D eigenvalue weighted by molar-refractivity contribution is 4.97. The molecule has 3 heteroatoms. The van der Waals surface area contributed by atoms with Crippen LogP contribution >= 0.6 is 0 Å². The molecular weight excluding hydrogens is 188 g/mol. The molecule has 0 aliphatic carbocycles. The summed E-state index contributed by atoms with van der Waals surface area (Å²) in [5.74, 6) is 1.57. The van der Waals surface area contributed by atoms with Crippen molar-refractivity contribution in [2.45, 2.75) is 32.9 Å². The molecular formula is C12H22N2O. The van der Waals surface area contributed by atoms with E-state index in [1.54, 1.807) is 6.26 Å². The smallest absolute Gasteiger partial charge is 0.117 e. The first kappa shape index (κ1) is 12.3. The molecule has 1 aromatic heterocycles. The van der Waals surface area contributed by atoms with Crippen molar-refractivity contribution in [3.8, 4) is 0 Å². The summed E-state index contributed by atoms with van der Waals surface area (Å²) in [7, 11) is 2.09. The van der Waals surface area contributed by atoms with E-state index in [4.69, 9.17) is 10.2 Å². The summed E-state index contributed by atoms with van der Waals surface area (Å²) in [4.78, 5) is 2.24. The predicted molar refractivity (Wildman–Crippen MR) is 62.5 cm³/mol. The first-order valence-electron chi connectivity index (χ1n) is 5.56. The summed E-state index contributed by atoms with van der Waals surface area (Å²) in [6.45, 7) is 6.20. The molecule has 1 atom stereocenters. The molecule has 2 N–H and O–H groups in total. The largest absolute Gasteiger partial charge is 0.468 e. The SMILES string of the molecule is CC(C)C(N)CCN(C)Cc1ccco1. The molecule has 0 amide bonds. The van der Waals surface area contributed by atoms with E-state index in [0.717, 1.165) is 25.3 Å². The Balaban J connectivity index is 2.22. The molecule has 1 rings (SSSR count). The quantitative estimate of drug-likeness (QED) is 0.781. The monoisotopic (exact) mass is 210 g/mol. The van der Waals surface area contributed by atoms with Crippen LogP contribution in [0.15, 0.2) is 22.8 Å². The van der Waals surface area contributed by atoms with Crippen LogP contribution in [0.25, 0.3) is 0 Å². The summed E-state index contributed by atoms with van der Waals surface area (Å²) in [5.41, 5.74) is 5.99. The molecule has 0 spiro atoms. The first-order valence-corrected chi connectivity index (χ1v) is 5.56. The summed E-state index contributed by atoms with van der Waals surface area (Å²) < 4.78 is 5.29. The Morgan fingerprint density at radius 3 is 2.73 bits per heavy atom. The van der Waals surface area contributed by atoms with Crippen molar-refractivity contribution in [3.05, 3.63) is 24.2 Å². The molecule has 0 bridgehead atoms. The van der Waals surface area contributed by atoms with Crippen LogP contribution in [0, 0.1) is 5.92 Å². The Bertz CT molecular complexity index is 257. The Kier molecular flexibility index (Phi) is 4.85. The first-order chi connectivity index (χ1) is 7.09. The highest BCUT2D eigenvalue weighted by Crippen LogP contribution is 2.07. The minimum absolute atomic E-state index is 0.295. The molecule has 0 saturated heterocycles. The van der Waals surface area contributed by atoms with Gasteiger partial charge in [0.2, 0.25) is 0 Å². The van der Waals surface area contributed by atoms with E-state index in [1.807, 2.05) is 12.1 Å². The predicted octanol–water partition coefficient (Wildman–Crippen LogP) is 2.08. The second-order valence-electron chi connectivity index (χ2n) is 4.51. The molecule has 0 fully saturated rings. The van der Waals surface area contributed by atoms with Crippen LogP contribution in [0.4, 0.5) is 0 Å². The normalized spacial score (nSPS) is 13.7. The molecule has 1 heterocycles. The van der Waals surface area contributed by atoms with Gasteiger partial charge in [0, 0.05) is 6.04 Å². The van der Waals surface area contributed by atoms with Gasteiger partial charge in [-0.2, -0.15) is 0 Å². The average Bonchev–Trinajstić information content (AvgIpc) is 2.66. The van der Waals surface area contributed by atoms with Gasteiger partial charge in [-0.15, -0.1) is 0 Å². The second-order valence-corrected chi connectivity index (χ2v) is 4.51. The van der Waals surface area contributed by atoms with Gasteiger partial charge in [-0.25, -0.2) is 0 Å². The summed E-state index contributed by atoms with van der Waals surface area (Å²) in [6, 6.07) is 4.21. The lowest BCUT2D eigenvalue weighted by Crippen LogP contribution is -2.31. The average molecular weight is 210 g/mol. The van der Waals surface area contributed by atoms with E-state index >= 15 is 0 Å². The second kappa shape index (κ2) is 5.93. The summed E-state index contributed by atoms with van der Waals surface area (Å²) in [6.07, 6.45) is 2.75. The third-order valence-electron chi connectivity index (χ3n) is 2.71. The maximum Gasteiger partial charge on any atom is 0.117 e. The minimum atomic E-state index is 0.295. The minimum Gasteiger partial charge on any atom is -0.468 e. The molecule has 0 saturated carbocycles. The topological polar surface area (TPSA) is 42.4 Å². The number of hydrogen-bond donors (Lipinski definition) is 1. The third kappa shape index (κ3) is 4.49. The molecule has 15 heavy (non-hydrogen) atoms. The van der Waals surface area contributed by atoms with Crippen LogP contribution in [0.5, 0.6) is 0 Å². The van der Waals surface area contributed by atoms with E-state index in [2.05, 4.69) is 25.8 Å². The van der Waals surface area contributed by atoms with Gasteiger partial charge in [-0.1, -0.05) is 13.8 Å². The number of furan rings is 1. The Morgan fingerprint density at radius 2 is 2.20 bits per heavy atom. The third-order valence-corrected chi connectivity index (χ3v) is 2.71. The molecule has 3 nitrogen and oxygen atoms in total. The summed E-state index contributed by atoms with van der Waals surface area (Å²) >= 11 is 0. The maximum atomic E-state index is 5.99. The fraction of sp³-hybridized carbons (Fsp3) is 0.667. The standard InChI is InChI=1S/C12H22N2O/c1-10(2)12(13)6-7-14(3)9-11-5-4-8-15-11/h4-5,8,10,12H,6-7,9,13H2,1-3H3. The fourth-order valence-electron chi connectivity index (χ4n) is 1.45. The van der Waals surface area contributed by atoms with Crippen molar-refractivity contribution >= 4 is 0 Å². The van der Waals surface area contributed by atoms with Gasteiger partial charge in [0.25, 0.3) is 0 Å². The fourth-order valence-corrected chi connectivity index (χ4v) is 1.45. The van der Waals surface area contributed by atoms with Gasteiger partial charge < -0.3 is 10.2 Å². The van der Waals surface area contributed by atoms with E-state index in [1.165, 1.54) is 0 Å². The molecule has 0 radical (unpaired) electrons. The lowest BCUT2D eigenvalue weighted by molar-refractivity contribution is 0.273. The lowest BCUT2D eigenvalue weighted by atomic mass is 10.0. The molecule has 1 unspecified atom stereocenters. The van der Waals surface area contributed by atoms with Crippen LogP contribution in [-0.4, -0.2) is 24.5 Å². The number of nitrogens with two attached hydrogens (primary N) is 1. The van der Waals surface area contributed by atoms with E-state index < -0.39 is 0 Å². The zero-order valence-electron chi connectivity index (χ0n) is 9.94. The van der Waals surface area contributed by atoms with Gasteiger partial charge >= 0.3 is 0 Å². The highest BCUT2D eigenvalue weighted by atomic mass is 16.3. The molecule has 0 aromatic carbocycles. The van der Waals surface area contributed by atoms with E-state index in [-0.39, 0.29) is 0 Å². The molecule has 86 valence electrons. The van der Waals surface area contributed by atoms with Gasteiger partial charge in [0.05, 0.1) is 12.8 Å². The zero-order valence-corrected chi connectivity index (χ0v) is 9.94. The number of rotatable bonds is 6. The number of nitrogens with zero attached hydrogens (tertiary/aromatic N) is 1.